The van der Waals surface area contributed by atoms with Crippen LogP contribution < -0.4 is 10.2 Å². The molecule has 3 heterocycles. The van der Waals surface area contributed by atoms with Gasteiger partial charge in [-0.2, -0.15) is 0 Å². The summed E-state index contributed by atoms with van der Waals surface area (Å²) >= 11 is 0. The molecular weight excluding hydrogens is 316 g/mol. The Bertz CT molecular complexity index is 676. The summed E-state index contributed by atoms with van der Waals surface area (Å²) in [7, 11) is 3.97. The molecule has 0 spiro atoms. The van der Waals surface area contributed by atoms with Crippen LogP contribution >= 0.6 is 0 Å². The molecule has 1 aliphatic rings. The van der Waals surface area contributed by atoms with E-state index in [0.29, 0.717) is 12.0 Å². The number of hydrogen-bond acceptors (Lipinski definition) is 7. The van der Waals surface area contributed by atoms with E-state index in [2.05, 4.69) is 39.0 Å². The first kappa shape index (κ1) is 17.7. The van der Waals surface area contributed by atoms with Gasteiger partial charge in [0.1, 0.15) is 23.7 Å². The van der Waals surface area contributed by atoms with Gasteiger partial charge in [0.25, 0.3) is 0 Å². The molecule has 0 unspecified atom stereocenters. The fourth-order valence-corrected chi connectivity index (χ4v) is 2.97. The lowest BCUT2D eigenvalue weighted by molar-refractivity contribution is 0.191. The summed E-state index contributed by atoms with van der Waals surface area (Å²) in [6.45, 7) is 7.09. The van der Waals surface area contributed by atoms with Crippen LogP contribution in [0.5, 0.6) is 0 Å². The van der Waals surface area contributed by atoms with Crippen molar-refractivity contribution in [1.29, 1.82) is 0 Å². The molecule has 0 saturated carbocycles. The summed E-state index contributed by atoms with van der Waals surface area (Å²) in [5.41, 5.74) is 0. The Morgan fingerprint density at radius 3 is 2.64 bits per heavy atom. The van der Waals surface area contributed by atoms with Gasteiger partial charge >= 0.3 is 0 Å². The van der Waals surface area contributed by atoms with E-state index in [1.165, 1.54) is 0 Å². The van der Waals surface area contributed by atoms with Crippen LogP contribution in [0.4, 0.5) is 11.6 Å². The van der Waals surface area contributed by atoms with E-state index >= 15 is 0 Å². The van der Waals surface area contributed by atoms with E-state index in [1.54, 1.807) is 6.33 Å². The Morgan fingerprint density at radius 2 is 2.00 bits per heavy atom. The molecule has 2 aromatic rings. The molecule has 7 nitrogen and oxygen atoms in total. The van der Waals surface area contributed by atoms with E-state index < -0.39 is 0 Å². The van der Waals surface area contributed by atoms with Crippen LogP contribution in [0.1, 0.15) is 44.3 Å². The number of piperidine rings is 1. The predicted octanol–water partition coefficient (Wildman–Crippen LogP) is 2.73. The van der Waals surface area contributed by atoms with Crippen LogP contribution in [0.15, 0.2) is 23.0 Å². The van der Waals surface area contributed by atoms with E-state index in [-0.39, 0.29) is 0 Å². The average molecular weight is 344 g/mol. The number of aromatic nitrogens is 3. The van der Waals surface area contributed by atoms with Gasteiger partial charge in [-0.3, -0.25) is 4.90 Å². The Morgan fingerprint density at radius 1 is 1.24 bits per heavy atom. The zero-order valence-corrected chi connectivity index (χ0v) is 15.6. The van der Waals surface area contributed by atoms with Crippen LogP contribution in [0.2, 0.25) is 0 Å². The van der Waals surface area contributed by atoms with Crippen molar-refractivity contribution in [3.63, 3.8) is 0 Å². The molecule has 0 amide bonds. The maximum absolute atomic E-state index is 5.82. The number of anilines is 2. The molecular formula is C18H28N6O. The minimum absolute atomic E-state index is 0.385. The largest absolute Gasteiger partial charge is 0.444 e. The first-order valence-electron chi connectivity index (χ1n) is 8.94. The van der Waals surface area contributed by atoms with Crippen molar-refractivity contribution < 1.29 is 4.42 Å². The monoisotopic (exact) mass is 344 g/mol. The highest BCUT2D eigenvalue weighted by Crippen LogP contribution is 2.20. The van der Waals surface area contributed by atoms with Crippen molar-refractivity contribution in [1.82, 2.24) is 19.9 Å². The van der Waals surface area contributed by atoms with Crippen molar-refractivity contribution >= 4 is 11.6 Å². The van der Waals surface area contributed by atoms with Crippen molar-refractivity contribution in [3.8, 4) is 0 Å². The number of likely N-dealkylation sites (tertiary alicyclic amines) is 1. The van der Waals surface area contributed by atoms with Gasteiger partial charge in [0.05, 0.1) is 12.7 Å². The lowest BCUT2D eigenvalue weighted by Crippen LogP contribution is -2.38. The topological polar surface area (TPSA) is 70.3 Å². The maximum Gasteiger partial charge on any atom is 0.208 e. The normalized spacial score (nSPS) is 16.4. The maximum atomic E-state index is 5.82. The number of oxazole rings is 1. The molecule has 136 valence electrons. The third-order valence-electron chi connectivity index (χ3n) is 4.55. The van der Waals surface area contributed by atoms with Crippen LogP contribution in [0, 0.1) is 0 Å². The molecule has 1 saturated heterocycles. The zero-order chi connectivity index (χ0) is 17.8. The number of rotatable bonds is 6. The van der Waals surface area contributed by atoms with Crippen molar-refractivity contribution in [2.45, 2.75) is 45.2 Å². The Labute approximate surface area is 149 Å². The lowest BCUT2D eigenvalue weighted by atomic mass is 10.1. The molecule has 25 heavy (non-hydrogen) atoms. The molecule has 1 aliphatic heterocycles. The van der Waals surface area contributed by atoms with Gasteiger partial charge in [-0.15, -0.1) is 0 Å². The highest BCUT2D eigenvalue weighted by molar-refractivity contribution is 5.47. The summed E-state index contributed by atoms with van der Waals surface area (Å²) in [6.07, 6.45) is 5.63. The first-order valence-corrected chi connectivity index (χ1v) is 8.94. The third kappa shape index (κ3) is 4.69. The average Bonchev–Trinajstić information content (AvgIpc) is 3.06. The second-order valence-corrected chi connectivity index (χ2v) is 7.16. The fourth-order valence-electron chi connectivity index (χ4n) is 2.97. The highest BCUT2D eigenvalue weighted by Gasteiger charge is 2.21. The van der Waals surface area contributed by atoms with Crippen molar-refractivity contribution in [2.75, 3.05) is 37.4 Å². The Balaban J connectivity index is 1.49. The summed E-state index contributed by atoms with van der Waals surface area (Å²) in [5.74, 6) is 3.98. The SMILES string of the molecule is CC(C)c1cnc(CN2CCC(Nc3cc(N(C)C)ncn3)CC2)o1. The summed E-state index contributed by atoms with van der Waals surface area (Å²) in [6, 6.07) is 2.43. The van der Waals surface area contributed by atoms with Gasteiger partial charge in [-0.25, -0.2) is 15.0 Å². The van der Waals surface area contributed by atoms with Crippen LogP contribution in [0.3, 0.4) is 0 Å². The van der Waals surface area contributed by atoms with Crippen LogP contribution in [0.25, 0.3) is 0 Å². The van der Waals surface area contributed by atoms with E-state index in [0.717, 1.165) is 55.8 Å². The summed E-state index contributed by atoms with van der Waals surface area (Å²) in [4.78, 5) is 17.4. The molecule has 0 radical (unpaired) electrons. The van der Waals surface area contributed by atoms with Gasteiger partial charge in [0.15, 0.2) is 0 Å². The van der Waals surface area contributed by atoms with Crippen LogP contribution in [-0.2, 0) is 6.54 Å². The molecule has 0 aromatic carbocycles. The number of nitrogens with zero attached hydrogens (tertiary/aromatic N) is 5. The standard InChI is InChI=1S/C18H28N6O/c1-13(2)15-10-19-18(25-15)11-24-7-5-14(6-8-24)22-16-9-17(23(3)4)21-12-20-16/h9-10,12-14H,5-8,11H2,1-4H3,(H,20,21,22). The molecule has 7 heteroatoms. The van der Waals surface area contributed by atoms with Gasteiger partial charge < -0.3 is 14.6 Å². The summed E-state index contributed by atoms with van der Waals surface area (Å²) in [5, 5.41) is 3.54. The van der Waals surface area contributed by atoms with Gasteiger partial charge in [0, 0.05) is 45.2 Å². The van der Waals surface area contributed by atoms with E-state index in [1.807, 2.05) is 31.3 Å². The van der Waals surface area contributed by atoms with Gasteiger partial charge in [-0.05, 0) is 12.8 Å². The smallest absolute Gasteiger partial charge is 0.208 e. The van der Waals surface area contributed by atoms with Crippen molar-refractivity contribution in [3.05, 3.63) is 30.2 Å². The number of hydrogen-bond donors (Lipinski definition) is 1. The Kier molecular flexibility index (Phi) is 5.53. The fraction of sp³-hybridized carbons (Fsp3) is 0.611. The van der Waals surface area contributed by atoms with Crippen LogP contribution in [-0.4, -0.2) is 53.1 Å². The minimum atomic E-state index is 0.385. The number of nitrogens with one attached hydrogen (secondary N) is 1. The molecule has 0 aliphatic carbocycles. The second-order valence-electron chi connectivity index (χ2n) is 7.16. The molecule has 2 aromatic heterocycles. The van der Waals surface area contributed by atoms with E-state index in [4.69, 9.17) is 4.42 Å². The molecule has 0 bridgehead atoms. The third-order valence-corrected chi connectivity index (χ3v) is 4.55. The summed E-state index contributed by atoms with van der Waals surface area (Å²) < 4.78 is 5.82. The molecule has 0 atom stereocenters. The highest BCUT2D eigenvalue weighted by atomic mass is 16.4. The van der Waals surface area contributed by atoms with Gasteiger partial charge in [0.2, 0.25) is 5.89 Å². The van der Waals surface area contributed by atoms with Gasteiger partial charge in [-0.1, -0.05) is 13.8 Å². The molecule has 3 rings (SSSR count). The molecule has 1 fully saturated rings. The van der Waals surface area contributed by atoms with E-state index in [9.17, 15) is 0 Å². The zero-order valence-electron chi connectivity index (χ0n) is 15.6. The lowest BCUT2D eigenvalue weighted by Gasteiger charge is -2.31. The second kappa shape index (κ2) is 7.82. The van der Waals surface area contributed by atoms with Crippen molar-refractivity contribution in [2.24, 2.45) is 0 Å². The molecule has 1 N–H and O–H groups in total. The predicted molar refractivity (Wildman–Crippen MR) is 98.9 cm³/mol. The Hall–Kier alpha value is -2.15. The first-order chi connectivity index (χ1) is 12.0. The minimum Gasteiger partial charge on any atom is -0.444 e. The quantitative estimate of drug-likeness (QED) is 0.864.